The molecule has 0 amide bonds. The average molecular weight is 263 g/mol. The molecule has 1 fully saturated rings. The third-order valence-corrected chi connectivity index (χ3v) is 3.68. The lowest BCUT2D eigenvalue weighted by molar-refractivity contribution is -0.142. The molecular formula is C15H21NO3. The van der Waals surface area contributed by atoms with Gasteiger partial charge in [-0.3, -0.25) is 0 Å². The van der Waals surface area contributed by atoms with Gasteiger partial charge in [0.1, 0.15) is 11.8 Å². The molecule has 1 saturated heterocycles. The molecule has 0 saturated carbocycles. The molecule has 1 atom stereocenters. The van der Waals surface area contributed by atoms with E-state index < -0.39 is 0 Å². The van der Waals surface area contributed by atoms with Crippen LogP contribution in [0.3, 0.4) is 0 Å². The number of piperidine rings is 1. The number of nitrogens with zero attached hydrogens (tertiary/aromatic N) is 1. The second-order valence-corrected chi connectivity index (χ2v) is 4.85. The van der Waals surface area contributed by atoms with E-state index in [9.17, 15) is 4.79 Å². The number of carbonyl (C=O) groups excluding carboxylic acids is 1. The van der Waals surface area contributed by atoms with E-state index >= 15 is 0 Å². The Bertz CT molecular complexity index is 459. The summed E-state index contributed by atoms with van der Waals surface area (Å²) in [6.07, 6.45) is 2.99. The minimum Gasteiger partial charge on any atom is -0.495 e. The number of ether oxygens (including phenoxy) is 2. The van der Waals surface area contributed by atoms with Gasteiger partial charge >= 0.3 is 5.97 Å². The third-order valence-electron chi connectivity index (χ3n) is 3.68. The molecule has 1 aromatic carbocycles. The number of methoxy groups -OCH3 is 2. The van der Waals surface area contributed by atoms with Crippen molar-refractivity contribution in [2.24, 2.45) is 0 Å². The van der Waals surface area contributed by atoms with E-state index in [1.54, 1.807) is 7.11 Å². The van der Waals surface area contributed by atoms with Crippen LogP contribution in [0.1, 0.15) is 24.8 Å². The molecule has 0 aliphatic carbocycles. The van der Waals surface area contributed by atoms with Crippen molar-refractivity contribution in [3.8, 4) is 5.75 Å². The van der Waals surface area contributed by atoms with E-state index in [1.807, 2.05) is 25.1 Å². The molecule has 104 valence electrons. The highest BCUT2D eigenvalue weighted by Gasteiger charge is 2.31. The zero-order chi connectivity index (χ0) is 13.8. The minimum absolute atomic E-state index is 0.162. The van der Waals surface area contributed by atoms with Gasteiger partial charge < -0.3 is 14.4 Å². The fourth-order valence-electron chi connectivity index (χ4n) is 2.75. The summed E-state index contributed by atoms with van der Waals surface area (Å²) in [6.45, 7) is 2.90. The molecule has 0 bridgehead atoms. The van der Waals surface area contributed by atoms with Gasteiger partial charge in [-0.1, -0.05) is 12.1 Å². The molecular weight excluding hydrogens is 242 g/mol. The number of rotatable bonds is 3. The number of esters is 1. The van der Waals surface area contributed by atoms with Crippen LogP contribution in [0.15, 0.2) is 18.2 Å². The normalized spacial score (nSPS) is 19.1. The summed E-state index contributed by atoms with van der Waals surface area (Å²) in [6, 6.07) is 5.75. The van der Waals surface area contributed by atoms with Crippen LogP contribution in [0.4, 0.5) is 5.69 Å². The molecule has 1 aliphatic rings. The van der Waals surface area contributed by atoms with E-state index in [-0.39, 0.29) is 12.0 Å². The van der Waals surface area contributed by atoms with Gasteiger partial charge in [-0.15, -0.1) is 0 Å². The molecule has 19 heavy (non-hydrogen) atoms. The maximum absolute atomic E-state index is 12.0. The summed E-state index contributed by atoms with van der Waals surface area (Å²) in [4.78, 5) is 14.1. The minimum atomic E-state index is -0.200. The van der Waals surface area contributed by atoms with Crippen molar-refractivity contribution in [2.45, 2.75) is 32.2 Å². The van der Waals surface area contributed by atoms with E-state index in [1.165, 1.54) is 7.11 Å². The standard InChI is InChI=1S/C15H21NO3/c1-11-7-6-9-13(18-2)14(11)16-10-5-4-8-12(16)15(17)19-3/h6-7,9,12H,4-5,8,10H2,1-3H3/t12-/m1/s1. The lowest BCUT2D eigenvalue weighted by Crippen LogP contribution is -2.45. The Hall–Kier alpha value is -1.71. The quantitative estimate of drug-likeness (QED) is 0.786. The number of hydrogen-bond donors (Lipinski definition) is 0. The van der Waals surface area contributed by atoms with Crippen molar-refractivity contribution in [1.82, 2.24) is 0 Å². The predicted molar refractivity (Wildman–Crippen MR) is 74.7 cm³/mol. The van der Waals surface area contributed by atoms with Crippen molar-refractivity contribution < 1.29 is 14.3 Å². The van der Waals surface area contributed by atoms with Crippen molar-refractivity contribution in [1.29, 1.82) is 0 Å². The fourth-order valence-corrected chi connectivity index (χ4v) is 2.75. The Kier molecular flexibility index (Phi) is 4.30. The summed E-state index contributed by atoms with van der Waals surface area (Å²) < 4.78 is 10.4. The van der Waals surface area contributed by atoms with E-state index in [0.717, 1.165) is 42.8 Å². The average Bonchev–Trinajstić information content (AvgIpc) is 2.46. The number of benzene rings is 1. The molecule has 0 unspecified atom stereocenters. The molecule has 0 aromatic heterocycles. The maximum Gasteiger partial charge on any atom is 0.328 e. The lowest BCUT2D eigenvalue weighted by Gasteiger charge is -2.37. The van der Waals surface area contributed by atoms with Crippen LogP contribution >= 0.6 is 0 Å². The Morgan fingerprint density at radius 3 is 2.79 bits per heavy atom. The van der Waals surface area contributed by atoms with Crippen LogP contribution in [-0.4, -0.2) is 32.8 Å². The van der Waals surface area contributed by atoms with Crippen LogP contribution in [0, 0.1) is 6.92 Å². The topological polar surface area (TPSA) is 38.8 Å². The highest BCUT2D eigenvalue weighted by Crippen LogP contribution is 2.36. The van der Waals surface area contributed by atoms with Crippen molar-refractivity contribution in [3.63, 3.8) is 0 Å². The highest BCUT2D eigenvalue weighted by molar-refractivity contribution is 5.82. The zero-order valence-corrected chi connectivity index (χ0v) is 11.8. The first-order chi connectivity index (χ1) is 9.19. The second-order valence-electron chi connectivity index (χ2n) is 4.85. The Labute approximate surface area is 114 Å². The van der Waals surface area contributed by atoms with Crippen molar-refractivity contribution >= 4 is 11.7 Å². The molecule has 0 radical (unpaired) electrons. The van der Waals surface area contributed by atoms with Crippen LogP contribution in [0.5, 0.6) is 5.75 Å². The summed E-state index contributed by atoms with van der Waals surface area (Å²) in [5.41, 5.74) is 2.13. The summed E-state index contributed by atoms with van der Waals surface area (Å²) in [5, 5.41) is 0. The third kappa shape index (κ3) is 2.67. The van der Waals surface area contributed by atoms with Crippen LogP contribution in [0.2, 0.25) is 0 Å². The van der Waals surface area contributed by atoms with Crippen molar-refractivity contribution in [2.75, 3.05) is 25.7 Å². The molecule has 1 aromatic rings. The number of aryl methyl sites for hydroxylation is 1. The molecule has 1 heterocycles. The summed E-state index contributed by atoms with van der Waals surface area (Å²) in [7, 11) is 3.11. The molecule has 4 heteroatoms. The monoisotopic (exact) mass is 263 g/mol. The van der Waals surface area contributed by atoms with Crippen LogP contribution in [-0.2, 0) is 9.53 Å². The van der Waals surface area contributed by atoms with Gasteiger partial charge in [-0.25, -0.2) is 4.79 Å². The van der Waals surface area contributed by atoms with Gasteiger partial charge in [-0.2, -0.15) is 0 Å². The van der Waals surface area contributed by atoms with Crippen molar-refractivity contribution in [3.05, 3.63) is 23.8 Å². The van der Waals surface area contributed by atoms with Crippen LogP contribution < -0.4 is 9.64 Å². The molecule has 0 N–H and O–H groups in total. The first kappa shape index (κ1) is 13.7. The Morgan fingerprint density at radius 1 is 1.32 bits per heavy atom. The van der Waals surface area contributed by atoms with Gasteiger partial charge in [0.15, 0.2) is 0 Å². The highest BCUT2D eigenvalue weighted by atomic mass is 16.5. The molecule has 0 spiro atoms. The number of anilines is 1. The van der Waals surface area contributed by atoms with Gasteiger partial charge in [0, 0.05) is 6.54 Å². The smallest absolute Gasteiger partial charge is 0.328 e. The SMILES string of the molecule is COC(=O)[C@H]1CCCCN1c1c(C)cccc1OC. The van der Waals surface area contributed by atoms with Gasteiger partial charge in [-0.05, 0) is 37.8 Å². The van der Waals surface area contributed by atoms with E-state index in [4.69, 9.17) is 9.47 Å². The summed E-state index contributed by atoms with van der Waals surface area (Å²) >= 11 is 0. The van der Waals surface area contributed by atoms with E-state index in [0.29, 0.717) is 0 Å². The Balaban J connectivity index is 2.40. The second kappa shape index (κ2) is 5.95. The van der Waals surface area contributed by atoms with E-state index in [2.05, 4.69) is 4.90 Å². The zero-order valence-electron chi connectivity index (χ0n) is 11.8. The fraction of sp³-hybridized carbons (Fsp3) is 0.533. The van der Waals surface area contributed by atoms with Gasteiger partial charge in [0.2, 0.25) is 0 Å². The Morgan fingerprint density at radius 2 is 2.11 bits per heavy atom. The number of carbonyl (C=O) groups is 1. The first-order valence-electron chi connectivity index (χ1n) is 6.67. The van der Waals surface area contributed by atoms with Gasteiger partial charge in [0.05, 0.1) is 19.9 Å². The number of para-hydroxylation sites is 1. The van der Waals surface area contributed by atoms with Gasteiger partial charge in [0.25, 0.3) is 0 Å². The first-order valence-corrected chi connectivity index (χ1v) is 6.67. The predicted octanol–water partition coefficient (Wildman–Crippen LogP) is 2.54. The molecule has 1 aliphatic heterocycles. The summed E-state index contributed by atoms with van der Waals surface area (Å²) in [5.74, 6) is 0.654. The van der Waals surface area contributed by atoms with Crippen LogP contribution in [0.25, 0.3) is 0 Å². The molecule has 2 rings (SSSR count). The largest absolute Gasteiger partial charge is 0.495 e. The molecule has 4 nitrogen and oxygen atoms in total. The number of hydrogen-bond acceptors (Lipinski definition) is 4. The maximum atomic E-state index is 12.0. The lowest BCUT2D eigenvalue weighted by atomic mass is 9.99.